The molecule has 35 heavy (non-hydrogen) atoms. The second-order valence-corrected chi connectivity index (χ2v) is 9.35. The van der Waals surface area contributed by atoms with Gasteiger partial charge in [0.1, 0.15) is 18.6 Å². The van der Waals surface area contributed by atoms with Crippen LogP contribution in [0.2, 0.25) is 0 Å². The van der Waals surface area contributed by atoms with Crippen LogP contribution in [0.5, 0.6) is 0 Å². The quantitative estimate of drug-likeness (QED) is 0.460. The van der Waals surface area contributed by atoms with Gasteiger partial charge in [0.25, 0.3) is 0 Å². The van der Waals surface area contributed by atoms with Crippen LogP contribution in [0.4, 0.5) is 4.79 Å². The summed E-state index contributed by atoms with van der Waals surface area (Å²) in [6.07, 6.45) is 1.11. The van der Waals surface area contributed by atoms with Gasteiger partial charge in [0.2, 0.25) is 11.8 Å². The van der Waals surface area contributed by atoms with Gasteiger partial charge in [-0.1, -0.05) is 48.5 Å². The van der Waals surface area contributed by atoms with E-state index < -0.39 is 41.9 Å². The highest BCUT2D eigenvalue weighted by molar-refractivity contribution is 5.94. The second kappa shape index (κ2) is 9.40. The number of carboxylic acids is 1. The first-order valence-corrected chi connectivity index (χ1v) is 11.8. The number of carbonyl (C=O) groups is 4. The summed E-state index contributed by atoms with van der Waals surface area (Å²) in [5.74, 6) is -3.07. The topological polar surface area (TPSA) is 134 Å². The lowest BCUT2D eigenvalue weighted by atomic mass is 9.98. The third-order valence-electron chi connectivity index (χ3n) is 7.06. The van der Waals surface area contributed by atoms with Crippen molar-refractivity contribution in [2.75, 3.05) is 13.2 Å². The minimum absolute atomic E-state index is 0.0246. The monoisotopic (exact) mass is 477 g/mol. The number of fused-ring (bicyclic) bond motifs is 3. The lowest BCUT2D eigenvalue weighted by Gasteiger charge is -2.21. The van der Waals surface area contributed by atoms with E-state index in [0.717, 1.165) is 35.1 Å². The molecule has 3 atom stereocenters. The Labute approximate surface area is 202 Å². The fourth-order valence-corrected chi connectivity index (χ4v) is 5.07. The van der Waals surface area contributed by atoms with Gasteiger partial charge in [-0.2, -0.15) is 0 Å². The Kier molecular flexibility index (Phi) is 6.15. The average Bonchev–Trinajstić information content (AvgIpc) is 3.56. The zero-order chi connectivity index (χ0) is 24.5. The van der Waals surface area contributed by atoms with E-state index in [0.29, 0.717) is 0 Å². The van der Waals surface area contributed by atoms with E-state index in [4.69, 9.17) is 4.74 Å². The molecule has 2 aromatic carbocycles. The van der Waals surface area contributed by atoms with Crippen LogP contribution in [-0.2, 0) is 19.1 Å². The predicted octanol–water partition coefficient (Wildman–Crippen LogP) is 2.01. The molecule has 1 heterocycles. The van der Waals surface area contributed by atoms with Crippen LogP contribution < -0.4 is 16.0 Å². The fraction of sp³-hybridized carbons (Fsp3) is 0.385. The van der Waals surface area contributed by atoms with Crippen molar-refractivity contribution in [2.45, 2.75) is 37.3 Å². The molecule has 0 bridgehead atoms. The van der Waals surface area contributed by atoms with Gasteiger partial charge in [0.15, 0.2) is 0 Å². The van der Waals surface area contributed by atoms with E-state index in [9.17, 15) is 24.3 Å². The van der Waals surface area contributed by atoms with Crippen molar-refractivity contribution < 1.29 is 29.0 Å². The predicted molar refractivity (Wildman–Crippen MR) is 125 cm³/mol. The molecule has 0 spiro atoms. The van der Waals surface area contributed by atoms with Gasteiger partial charge in [-0.05, 0) is 41.0 Å². The summed E-state index contributed by atoms with van der Waals surface area (Å²) in [5.41, 5.74) is 4.50. The number of benzene rings is 2. The van der Waals surface area contributed by atoms with Crippen LogP contribution in [0, 0.1) is 11.8 Å². The SMILES string of the molecule is O=C(CC(NC(=O)OCC1c2ccccc2-c2ccccc21)C1CC1)NC1C(=O)NCC1C(=O)O. The Bertz CT molecular complexity index is 1130. The molecule has 9 heteroatoms. The Morgan fingerprint density at radius 1 is 1.03 bits per heavy atom. The largest absolute Gasteiger partial charge is 0.481 e. The molecule has 4 N–H and O–H groups in total. The summed E-state index contributed by atoms with van der Waals surface area (Å²) < 4.78 is 5.61. The van der Waals surface area contributed by atoms with Gasteiger partial charge < -0.3 is 25.8 Å². The summed E-state index contributed by atoms with van der Waals surface area (Å²) in [6, 6.07) is 14.6. The van der Waals surface area contributed by atoms with E-state index in [1.807, 2.05) is 36.4 Å². The number of amides is 3. The minimum Gasteiger partial charge on any atom is -0.481 e. The van der Waals surface area contributed by atoms with Gasteiger partial charge in [0.05, 0.1) is 0 Å². The van der Waals surface area contributed by atoms with Gasteiger partial charge >= 0.3 is 12.1 Å². The van der Waals surface area contributed by atoms with Crippen molar-refractivity contribution in [1.29, 1.82) is 0 Å². The number of ether oxygens (including phenoxy) is 1. The summed E-state index contributed by atoms with van der Waals surface area (Å²) in [6.45, 7) is 0.148. The molecule has 3 amide bonds. The van der Waals surface area contributed by atoms with Crippen LogP contribution in [0.25, 0.3) is 11.1 Å². The maximum atomic E-state index is 12.7. The molecule has 5 rings (SSSR count). The molecule has 1 saturated carbocycles. The smallest absolute Gasteiger partial charge is 0.407 e. The number of carbonyl (C=O) groups excluding carboxylic acids is 3. The van der Waals surface area contributed by atoms with Crippen molar-refractivity contribution in [2.24, 2.45) is 11.8 Å². The van der Waals surface area contributed by atoms with Crippen LogP contribution in [-0.4, -0.2) is 54.2 Å². The first-order valence-electron chi connectivity index (χ1n) is 11.8. The highest BCUT2D eigenvalue weighted by Gasteiger charge is 2.41. The van der Waals surface area contributed by atoms with Crippen molar-refractivity contribution in [3.05, 3.63) is 59.7 Å². The molecular weight excluding hydrogens is 450 g/mol. The van der Waals surface area contributed by atoms with E-state index in [1.54, 1.807) is 0 Å². The lowest BCUT2D eigenvalue weighted by molar-refractivity contribution is -0.143. The Morgan fingerprint density at radius 3 is 2.26 bits per heavy atom. The number of aliphatic carboxylic acids is 1. The molecular formula is C26H27N3O6. The molecule has 3 unspecified atom stereocenters. The normalized spacial score (nSPS) is 21.4. The van der Waals surface area contributed by atoms with Crippen LogP contribution >= 0.6 is 0 Å². The number of rotatable bonds is 8. The molecule has 2 aliphatic carbocycles. The van der Waals surface area contributed by atoms with E-state index in [2.05, 4.69) is 28.1 Å². The molecule has 1 saturated heterocycles. The van der Waals surface area contributed by atoms with Crippen LogP contribution in [0.3, 0.4) is 0 Å². The average molecular weight is 478 g/mol. The molecule has 182 valence electrons. The highest BCUT2D eigenvalue weighted by Crippen LogP contribution is 2.44. The van der Waals surface area contributed by atoms with E-state index >= 15 is 0 Å². The first-order chi connectivity index (χ1) is 16.9. The Hall–Kier alpha value is -3.88. The number of alkyl carbamates (subject to hydrolysis) is 1. The second-order valence-electron chi connectivity index (χ2n) is 9.35. The molecule has 1 aliphatic heterocycles. The summed E-state index contributed by atoms with van der Waals surface area (Å²) >= 11 is 0. The molecule has 3 aliphatic rings. The van der Waals surface area contributed by atoms with E-state index in [-0.39, 0.29) is 31.4 Å². The lowest BCUT2D eigenvalue weighted by Crippen LogP contribution is -2.48. The van der Waals surface area contributed by atoms with Gasteiger partial charge in [-0.3, -0.25) is 14.4 Å². The molecule has 0 radical (unpaired) electrons. The van der Waals surface area contributed by atoms with Crippen LogP contribution in [0.15, 0.2) is 48.5 Å². The third kappa shape index (κ3) is 4.71. The summed E-state index contributed by atoms with van der Waals surface area (Å²) in [4.78, 5) is 48.6. The number of hydrogen-bond acceptors (Lipinski definition) is 5. The number of carboxylic acid groups (broad SMARTS) is 1. The maximum absolute atomic E-state index is 12.7. The van der Waals surface area contributed by atoms with Gasteiger partial charge in [0, 0.05) is 24.9 Å². The van der Waals surface area contributed by atoms with Crippen LogP contribution in [0.1, 0.15) is 36.3 Å². The van der Waals surface area contributed by atoms with Gasteiger partial charge in [-0.25, -0.2) is 4.79 Å². The highest BCUT2D eigenvalue weighted by atomic mass is 16.5. The third-order valence-corrected chi connectivity index (χ3v) is 7.06. The standard InChI is InChI=1S/C26H27N3O6/c30-22(29-23-19(25(32)33)12-27-24(23)31)11-21(14-9-10-14)28-26(34)35-13-20-17-7-3-1-5-15(17)16-6-2-4-8-18(16)20/h1-8,14,19-21,23H,9-13H2,(H,27,31)(H,28,34)(H,29,30)(H,32,33). The van der Waals surface area contributed by atoms with Crippen molar-refractivity contribution in [1.82, 2.24) is 16.0 Å². The van der Waals surface area contributed by atoms with Crippen molar-refractivity contribution in [3.8, 4) is 11.1 Å². The van der Waals surface area contributed by atoms with Crippen molar-refractivity contribution >= 4 is 23.9 Å². The molecule has 2 fully saturated rings. The zero-order valence-electron chi connectivity index (χ0n) is 19.0. The fourth-order valence-electron chi connectivity index (χ4n) is 5.07. The Morgan fingerprint density at radius 2 is 1.66 bits per heavy atom. The first kappa shape index (κ1) is 22.9. The maximum Gasteiger partial charge on any atom is 0.407 e. The summed E-state index contributed by atoms with van der Waals surface area (Å²) in [7, 11) is 0. The Balaban J connectivity index is 1.19. The number of nitrogens with one attached hydrogen (secondary N) is 3. The zero-order valence-corrected chi connectivity index (χ0v) is 19.0. The van der Waals surface area contributed by atoms with Gasteiger partial charge in [-0.15, -0.1) is 0 Å². The number of hydrogen-bond donors (Lipinski definition) is 4. The molecule has 0 aromatic heterocycles. The minimum atomic E-state index is -1.15. The van der Waals surface area contributed by atoms with E-state index in [1.165, 1.54) is 0 Å². The molecule has 2 aromatic rings. The summed E-state index contributed by atoms with van der Waals surface area (Å²) in [5, 5.41) is 17.1. The van der Waals surface area contributed by atoms with Crippen molar-refractivity contribution in [3.63, 3.8) is 0 Å². The molecule has 9 nitrogen and oxygen atoms in total.